The Morgan fingerprint density at radius 2 is 1.95 bits per heavy atom. The van der Waals surface area contributed by atoms with E-state index in [2.05, 4.69) is 5.32 Å². The summed E-state index contributed by atoms with van der Waals surface area (Å²) in [4.78, 5) is 23.4. The second-order valence-corrected chi connectivity index (χ2v) is 4.21. The van der Waals surface area contributed by atoms with Crippen molar-refractivity contribution in [2.45, 2.75) is 12.8 Å². The lowest BCUT2D eigenvalue weighted by atomic mass is 10.2. The molecule has 0 unspecified atom stereocenters. The van der Waals surface area contributed by atoms with E-state index < -0.39 is 0 Å². The van der Waals surface area contributed by atoms with Crippen LogP contribution in [0.2, 0.25) is 0 Å². The Balaban J connectivity index is 1.98. The highest BCUT2D eigenvalue weighted by atomic mass is 16.3. The number of nitrogens with one attached hydrogen (secondary N) is 1. The van der Waals surface area contributed by atoms with Gasteiger partial charge in [0, 0.05) is 31.0 Å². The first-order valence-corrected chi connectivity index (χ1v) is 6.19. The summed E-state index contributed by atoms with van der Waals surface area (Å²) in [7, 11) is 0. The summed E-state index contributed by atoms with van der Waals surface area (Å²) in [6, 6.07) is 9.48. The van der Waals surface area contributed by atoms with Crippen molar-refractivity contribution in [3.8, 4) is 0 Å². The third-order valence-electron chi connectivity index (χ3n) is 2.87. The van der Waals surface area contributed by atoms with Crippen molar-refractivity contribution in [2.24, 2.45) is 0 Å². The van der Waals surface area contributed by atoms with E-state index in [1.165, 1.54) is 0 Å². The highest BCUT2D eigenvalue weighted by molar-refractivity contribution is 5.93. The lowest BCUT2D eigenvalue weighted by Crippen LogP contribution is -2.27. The van der Waals surface area contributed by atoms with Gasteiger partial charge in [-0.25, -0.2) is 0 Å². The van der Waals surface area contributed by atoms with Gasteiger partial charge in [0.25, 0.3) is 0 Å². The van der Waals surface area contributed by atoms with Gasteiger partial charge in [0.1, 0.15) is 0 Å². The minimum atomic E-state index is -0.223. The zero-order valence-electron chi connectivity index (χ0n) is 10.5. The van der Waals surface area contributed by atoms with Crippen LogP contribution in [0.1, 0.15) is 17.6 Å². The molecule has 0 spiro atoms. The van der Waals surface area contributed by atoms with Crippen molar-refractivity contribution in [1.29, 1.82) is 0 Å². The maximum absolute atomic E-state index is 12.0. The number of para-hydroxylation sites is 1. The summed E-state index contributed by atoms with van der Waals surface area (Å²) in [5.74, 6) is -0.334. The minimum Gasteiger partial charge on any atom is -0.395 e. The van der Waals surface area contributed by atoms with E-state index in [0.717, 1.165) is 10.9 Å². The lowest BCUT2D eigenvalue weighted by molar-refractivity contribution is -0.121. The minimum absolute atomic E-state index is 0.0953. The number of hydrogen-bond acceptors (Lipinski definition) is 3. The zero-order valence-corrected chi connectivity index (χ0v) is 10.5. The average molecular weight is 260 g/mol. The van der Waals surface area contributed by atoms with Crippen LogP contribution in [0.5, 0.6) is 0 Å². The molecule has 0 saturated heterocycles. The molecule has 19 heavy (non-hydrogen) atoms. The summed E-state index contributed by atoms with van der Waals surface area (Å²) < 4.78 is 1.56. The molecular weight excluding hydrogens is 244 g/mol. The molecule has 2 N–H and O–H groups in total. The van der Waals surface area contributed by atoms with Crippen LogP contribution in [0.25, 0.3) is 10.9 Å². The Morgan fingerprint density at radius 3 is 2.74 bits per heavy atom. The second-order valence-electron chi connectivity index (χ2n) is 4.21. The number of carbonyl (C=O) groups is 2. The maximum atomic E-state index is 12.0. The molecule has 0 atom stereocenters. The largest absolute Gasteiger partial charge is 0.395 e. The van der Waals surface area contributed by atoms with Gasteiger partial charge in [-0.2, -0.15) is 0 Å². The topological polar surface area (TPSA) is 71.3 Å². The van der Waals surface area contributed by atoms with Crippen LogP contribution < -0.4 is 5.32 Å². The molecule has 1 heterocycles. The van der Waals surface area contributed by atoms with Crippen LogP contribution >= 0.6 is 0 Å². The SMILES string of the molecule is O=C(CCC(=O)n1ccc2ccccc21)NCCO. The lowest BCUT2D eigenvalue weighted by Gasteiger charge is -2.05. The predicted molar refractivity (Wildman–Crippen MR) is 71.9 cm³/mol. The van der Waals surface area contributed by atoms with E-state index in [-0.39, 0.29) is 37.8 Å². The van der Waals surface area contributed by atoms with Crippen LogP contribution in [0.15, 0.2) is 36.5 Å². The quantitative estimate of drug-likeness (QED) is 0.847. The van der Waals surface area contributed by atoms with E-state index in [1.807, 2.05) is 30.3 Å². The molecule has 1 aromatic carbocycles. The molecule has 100 valence electrons. The van der Waals surface area contributed by atoms with Gasteiger partial charge in [-0.1, -0.05) is 18.2 Å². The molecule has 0 radical (unpaired) electrons. The number of nitrogens with zero attached hydrogens (tertiary/aromatic N) is 1. The number of carbonyl (C=O) groups excluding carboxylic acids is 2. The number of amides is 1. The summed E-state index contributed by atoms with van der Waals surface area (Å²) in [5.41, 5.74) is 0.850. The van der Waals surface area contributed by atoms with E-state index in [1.54, 1.807) is 10.8 Å². The zero-order chi connectivity index (χ0) is 13.7. The summed E-state index contributed by atoms with van der Waals surface area (Å²) in [5, 5.41) is 12.1. The fraction of sp³-hybridized carbons (Fsp3) is 0.286. The van der Waals surface area contributed by atoms with Crippen LogP contribution in [-0.2, 0) is 4.79 Å². The Bertz CT molecular complexity index is 589. The van der Waals surface area contributed by atoms with Gasteiger partial charge in [-0.15, -0.1) is 0 Å². The second kappa shape index (κ2) is 6.15. The molecule has 2 aromatic rings. The molecule has 0 saturated carbocycles. The normalized spacial score (nSPS) is 10.6. The molecule has 1 amide bonds. The molecule has 5 nitrogen and oxygen atoms in total. The predicted octanol–water partition coefficient (Wildman–Crippen LogP) is 1.17. The molecule has 1 aromatic heterocycles. The van der Waals surface area contributed by atoms with Crippen LogP contribution in [0.3, 0.4) is 0 Å². The Kier molecular flexibility index (Phi) is 4.30. The van der Waals surface area contributed by atoms with Crippen molar-refractivity contribution >= 4 is 22.7 Å². The van der Waals surface area contributed by atoms with E-state index >= 15 is 0 Å². The molecule has 5 heteroatoms. The van der Waals surface area contributed by atoms with E-state index in [4.69, 9.17) is 5.11 Å². The number of fused-ring (bicyclic) bond motifs is 1. The summed E-state index contributed by atoms with van der Waals surface area (Å²) in [6.07, 6.45) is 2.00. The van der Waals surface area contributed by atoms with Crippen molar-refractivity contribution in [2.75, 3.05) is 13.2 Å². The van der Waals surface area contributed by atoms with Gasteiger partial charge in [-0.3, -0.25) is 14.2 Å². The number of benzene rings is 1. The Hall–Kier alpha value is -2.14. The van der Waals surface area contributed by atoms with Gasteiger partial charge < -0.3 is 10.4 Å². The molecular formula is C14H16N2O3. The van der Waals surface area contributed by atoms with Gasteiger partial charge in [0.2, 0.25) is 11.8 Å². The highest BCUT2D eigenvalue weighted by Gasteiger charge is 2.10. The number of rotatable bonds is 5. The van der Waals surface area contributed by atoms with Crippen molar-refractivity contribution in [1.82, 2.24) is 9.88 Å². The van der Waals surface area contributed by atoms with Gasteiger partial charge in [0.05, 0.1) is 12.1 Å². The number of aliphatic hydroxyl groups is 1. The fourth-order valence-electron chi connectivity index (χ4n) is 1.93. The van der Waals surface area contributed by atoms with Gasteiger partial charge in [-0.05, 0) is 12.1 Å². The Labute approximate surface area is 110 Å². The van der Waals surface area contributed by atoms with Crippen molar-refractivity contribution < 1.29 is 14.7 Å². The fourth-order valence-corrected chi connectivity index (χ4v) is 1.93. The average Bonchev–Trinajstić information content (AvgIpc) is 2.86. The molecule has 2 rings (SSSR count). The molecule has 0 fully saturated rings. The smallest absolute Gasteiger partial charge is 0.231 e. The van der Waals surface area contributed by atoms with Crippen LogP contribution in [0, 0.1) is 0 Å². The molecule has 0 aliphatic carbocycles. The van der Waals surface area contributed by atoms with Gasteiger partial charge in [0.15, 0.2) is 0 Å². The Morgan fingerprint density at radius 1 is 1.16 bits per heavy atom. The molecule has 0 bridgehead atoms. The molecule has 0 aliphatic rings. The van der Waals surface area contributed by atoms with E-state index in [0.29, 0.717) is 0 Å². The van der Waals surface area contributed by atoms with Crippen molar-refractivity contribution in [3.63, 3.8) is 0 Å². The standard InChI is InChI=1S/C14H16N2O3/c17-10-8-15-13(18)5-6-14(19)16-9-7-11-3-1-2-4-12(11)16/h1-4,7,9,17H,5-6,8,10H2,(H,15,18). The molecule has 0 aliphatic heterocycles. The third kappa shape index (κ3) is 3.20. The van der Waals surface area contributed by atoms with Crippen LogP contribution in [-0.4, -0.2) is 34.6 Å². The number of hydrogen-bond donors (Lipinski definition) is 2. The van der Waals surface area contributed by atoms with Crippen molar-refractivity contribution in [3.05, 3.63) is 36.5 Å². The first kappa shape index (κ1) is 13.3. The monoisotopic (exact) mass is 260 g/mol. The third-order valence-corrected chi connectivity index (χ3v) is 2.87. The van der Waals surface area contributed by atoms with E-state index in [9.17, 15) is 9.59 Å². The summed E-state index contributed by atoms with van der Waals surface area (Å²) in [6.45, 7) is 0.126. The number of aromatic nitrogens is 1. The van der Waals surface area contributed by atoms with Crippen LogP contribution in [0.4, 0.5) is 0 Å². The summed E-state index contributed by atoms with van der Waals surface area (Å²) >= 11 is 0. The number of aliphatic hydroxyl groups excluding tert-OH is 1. The van der Waals surface area contributed by atoms with Gasteiger partial charge >= 0.3 is 0 Å². The first-order chi connectivity index (χ1) is 9.22. The first-order valence-electron chi connectivity index (χ1n) is 6.19. The highest BCUT2D eigenvalue weighted by Crippen LogP contribution is 2.15. The maximum Gasteiger partial charge on any atom is 0.231 e.